The summed E-state index contributed by atoms with van der Waals surface area (Å²) in [4.78, 5) is 4.34. The van der Waals surface area contributed by atoms with Gasteiger partial charge in [0, 0.05) is 26.5 Å². The molecule has 0 spiro atoms. The lowest BCUT2D eigenvalue weighted by Gasteiger charge is -2.08. The fourth-order valence-electron chi connectivity index (χ4n) is 1.23. The summed E-state index contributed by atoms with van der Waals surface area (Å²) in [5, 5.41) is 11.8. The minimum Gasteiger partial charge on any atom is -0.383 e. The van der Waals surface area contributed by atoms with Crippen molar-refractivity contribution in [2.45, 2.75) is 6.10 Å². The van der Waals surface area contributed by atoms with E-state index in [1.165, 1.54) is 23.6 Å². The second-order valence-corrected chi connectivity index (χ2v) is 4.83. The fourth-order valence-corrected chi connectivity index (χ4v) is 2.68. The number of hydrogen-bond acceptors (Lipinski definition) is 3. The van der Waals surface area contributed by atoms with E-state index in [1.54, 1.807) is 6.07 Å². The maximum absolute atomic E-state index is 13.3. The number of aromatic nitrogens is 1. The molecule has 0 bridgehead atoms. The maximum Gasteiger partial charge on any atom is 0.147 e. The summed E-state index contributed by atoms with van der Waals surface area (Å²) in [5.74, 6) is -0.491. The Hall–Kier alpha value is -0.780. The predicted octanol–water partition coefficient (Wildman–Crippen LogP) is 3.13. The standard InChI is InChI=1S/C10H7BrFNOS/c11-6-3-9(15-5-6)10(14)7-1-2-13-4-8(7)12/h1-5,10,14H. The Morgan fingerprint density at radius 1 is 1.53 bits per heavy atom. The highest BCUT2D eigenvalue weighted by atomic mass is 79.9. The number of pyridine rings is 1. The van der Waals surface area contributed by atoms with Gasteiger partial charge in [-0.15, -0.1) is 11.3 Å². The molecule has 0 radical (unpaired) electrons. The minimum absolute atomic E-state index is 0.249. The van der Waals surface area contributed by atoms with Crippen molar-refractivity contribution in [3.05, 3.63) is 50.6 Å². The summed E-state index contributed by atoms with van der Waals surface area (Å²) in [6.07, 6.45) is 1.63. The second-order valence-electron chi connectivity index (χ2n) is 2.97. The summed E-state index contributed by atoms with van der Waals surface area (Å²) in [6.45, 7) is 0. The summed E-state index contributed by atoms with van der Waals surface area (Å²) >= 11 is 4.66. The number of halogens is 2. The van der Waals surface area contributed by atoms with Crippen LogP contribution in [0.5, 0.6) is 0 Å². The van der Waals surface area contributed by atoms with Crippen LogP contribution in [0.15, 0.2) is 34.4 Å². The average molecular weight is 288 g/mol. The Kier molecular flexibility index (Phi) is 3.14. The third kappa shape index (κ3) is 2.25. The summed E-state index contributed by atoms with van der Waals surface area (Å²) < 4.78 is 14.2. The van der Waals surface area contributed by atoms with Crippen LogP contribution in [0.25, 0.3) is 0 Å². The maximum atomic E-state index is 13.3. The SMILES string of the molecule is OC(c1cc(Br)cs1)c1ccncc1F. The first-order chi connectivity index (χ1) is 7.18. The molecule has 0 saturated heterocycles. The molecule has 0 aliphatic rings. The molecule has 2 rings (SSSR count). The Balaban J connectivity index is 2.36. The van der Waals surface area contributed by atoms with E-state index < -0.39 is 11.9 Å². The molecule has 1 atom stereocenters. The monoisotopic (exact) mass is 287 g/mol. The quantitative estimate of drug-likeness (QED) is 0.921. The van der Waals surface area contributed by atoms with Crippen LogP contribution in [0.1, 0.15) is 16.5 Å². The Labute approximate surface area is 98.5 Å². The first-order valence-corrected chi connectivity index (χ1v) is 5.87. The molecule has 0 aromatic carbocycles. The molecule has 1 unspecified atom stereocenters. The highest BCUT2D eigenvalue weighted by Gasteiger charge is 2.16. The molecule has 78 valence electrons. The van der Waals surface area contributed by atoms with Gasteiger partial charge in [0.15, 0.2) is 0 Å². The molecule has 15 heavy (non-hydrogen) atoms. The minimum atomic E-state index is -0.927. The summed E-state index contributed by atoms with van der Waals surface area (Å²) in [6, 6.07) is 3.25. The van der Waals surface area contributed by atoms with Gasteiger partial charge >= 0.3 is 0 Å². The largest absolute Gasteiger partial charge is 0.383 e. The van der Waals surface area contributed by atoms with Crippen molar-refractivity contribution in [3.63, 3.8) is 0 Å². The molecule has 0 amide bonds. The summed E-state index contributed by atoms with van der Waals surface area (Å²) in [7, 11) is 0. The third-order valence-electron chi connectivity index (χ3n) is 1.96. The van der Waals surface area contributed by atoms with Gasteiger partial charge in [-0.25, -0.2) is 4.39 Å². The highest BCUT2D eigenvalue weighted by Crippen LogP contribution is 2.30. The molecule has 2 aromatic rings. The molecular weight excluding hydrogens is 281 g/mol. The lowest BCUT2D eigenvalue weighted by atomic mass is 10.1. The zero-order valence-corrected chi connectivity index (χ0v) is 9.93. The third-order valence-corrected chi connectivity index (χ3v) is 3.70. The molecule has 2 aromatic heterocycles. The van der Waals surface area contributed by atoms with Crippen LogP contribution >= 0.6 is 27.3 Å². The molecule has 2 heterocycles. The lowest BCUT2D eigenvalue weighted by molar-refractivity contribution is 0.218. The average Bonchev–Trinajstić information content (AvgIpc) is 2.65. The van der Waals surface area contributed by atoms with Gasteiger partial charge in [0.25, 0.3) is 0 Å². The number of thiophene rings is 1. The van der Waals surface area contributed by atoms with Crippen LogP contribution in [0.4, 0.5) is 4.39 Å². The summed E-state index contributed by atoms with van der Waals surface area (Å²) in [5.41, 5.74) is 0.249. The Bertz CT molecular complexity index is 474. The van der Waals surface area contributed by atoms with Crippen molar-refractivity contribution < 1.29 is 9.50 Å². The van der Waals surface area contributed by atoms with Gasteiger partial charge in [-0.1, -0.05) is 0 Å². The van der Waals surface area contributed by atoms with Gasteiger partial charge in [0.05, 0.1) is 6.20 Å². The molecule has 0 fully saturated rings. The van der Waals surface area contributed by atoms with Gasteiger partial charge in [-0.3, -0.25) is 4.98 Å². The van der Waals surface area contributed by atoms with Crippen LogP contribution in [-0.4, -0.2) is 10.1 Å². The van der Waals surface area contributed by atoms with Gasteiger partial charge in [-0.2, -0.15) is 0 Å². The van der Waals surface area contributed by atoms with E-state index in [4.69, 9.17) is 0 Å². The fraction of sp³-hybridized carbons (Fsp3) is 0.100. The molecule has 1 N–H and O–H groups in total. The van der Waals surface area contributed by atoms with Crippen molar-refractivity contribution in [2.24, 2.45) is 0 Å². The molecule has 0 aliphatic heterocycles. The molecular formula is C10H7BrFNOS. The van der Waals surface area contributed by atoms with E-state index in [2.05, 4.69) is 20.9 Å². The topological polar surface area (TPSA) is 33.1 Å². The first kappa shape index (κ1) is 10.7. The van der Waals surface area contributed by atoms with Gasteiger partial charge < -0.3 is 5.11 Å². The zero-order valence-electron chi connectivity index (χ0n) is 7.52. The van der Waals surface area contributed by atoms with E-state index in [0.717, 1.165) is 10.7 Å². The van der Waals surface area contributed by atoms with Crippen LogP contribution < -0.4 is 0 Å². The van der Waals surface area contributed by atoms with E-state index in [1.807, 2.05) is 5.38 Å². The number of aliphatic hydroxyl groups excluding tert-OH is 1. The van der Waals surface area contributed by atoms with Crippen molar-refractivity contribution in [2.75, 3.05) is 0 Å². The molecule has 2 nitrogen and oxygen atoms in total. The van der Waals surface area contributed by atoms with E-state index in [-0.39, 0.29) is 5.56 Å². The van der Waals surface area contributed by atoms with Crippen LogP contribution in [-0.2, 0) is 0 Å². The number of hydrogen-bond donors (Lipinski definition) is 1. The second kappa shape index (κ2) is 4.38. The van der Waals surface area contributed by atoms with Gasteiger partial charge in [-0.05, 0) is 28.1 Å². The highest BCUT2D eigenvalue weighted by molar-refractivity contribution is 9.10. The zero-order chi connectivity index (χ0) is 10.8. The van der Waals surface area contributed by atoms with Crippen LogP contribution in [0, 0.1) is 5.82 Å². The number of nitrogens with zero attached hydrogens (tertiary/aromatic N) is 1. The van der Waals surface area contributed by atoms with Crippen LogP contribution in [0.3, 0.4) is 0 Å². The molecule has 5 heteroatoms. The van der Waals surface area contributed by atoms with Crippen molar-refractivity contribution >= 4 is 27.3 Å². The smallest absolute Gasteiger partial charge is 0.147 e. The predicted molar refractivity (Wildman–Crippen MR) is 60.3 cm³/mol. The van der Waals surface area contributed by atoms with Crippen molar-refractivity contribution in [1.29, 1.82) is 0 Å². The van der Waals surface area contributed by atoms with Crippen LogP contribution in [0.2, 0.25) is 0 Å². The molecule has 0 saturated carbocycles. The van der Waals surface area contributed by atoms with Gasteiger partial charge in [0.1, 0.15) is 11.9 Å². The van der Waals surface area contributed by atoms with E-state index in [0.29, 0.717) is 4.88 Å². The number of rotatable bonds is 2. The normalized spacial score (nSPS) is 12.7. The number of aliphatic hydroxyl groups is 1. The van der Waals surface area contributed by atoms with E-state index in [9.17, 15) is 9.50 Å². The first-order valence-electron chi connectivity index (χ1n) is 4.20. The Morgan fingerprint density at radius 2 is 2.33 bits per heavy atom. The Morgan fingerprint density at radius 3 is 2.93 bits per heavy atom. The van der Waals surface area contributed by atoms with Gasteiger partial charge in [0.2, 0.25) is 0 Å². The lowest BCUT2D eigenvalue weighted by Crippen LogP contribution is -2.00. The van der Waals surface area contributed by atoms with Crippen molar-refractivity contribution in [1.82, 2.24) is 4.98 Å². The van der Waals surface area contributed by atoms with Crippen molar-refractivity contribution in [3.8, 4) is 0 Å². The molecule has 0 aliphatic carbocycles. The van der Waals surface area contributed by atoms with E-state index >= 15 is 0 Å².